The van der Waals surface area contributed by atoms with Gasteiger partial charge in [0.25, 0.3) is 0 Å². The number of hydrogen-bond donors (Lipinski definition) is 2. The van der Waals surface area contributed by atoms with Crippen LogP contribution in [0.25, 0.3) is 0 Å². The van der Waals surface area contributed by atoms with E-state index in [1.807, 2.05) is 6.92 Å². The number of ether oxygens (including phenoxy) is 1. The Morgan fingerprint density at radius 3 is 2.69 bits per heavy atom. The molecule has 1 atom stereocenters. The van der Waals surface area contributed by atoms with Crippen LogP contribution in [0.3, 0.4) is 0 Å². The second kappa shape index (κ2) is 6.21. The SMILES string of the molecule is CC(CCCN)C(=O)NC1(C)CCOCC1. The number of hydrogen-bond acceptors (Lipinski definition) is 3. The third-order valence-electron chi connectivity index (χ3n) is 3.31. The molecule has 0 spiro atoms. The van der Waals surface area contributed by atoms with Crippen molar-refractivity contribution in [2.75, 3.05) is 19.8 Å². The van der Waals surface area contributed by atoms with E-state index in [2.05, 4.69) is 12.2 Å². The Hall–Kier alpha value is -0.610. The van der Waals surface area contributed by atoms with E-state index < -0.39 is 0 Å². The second-order valence-electron chi connectivity index (χ2n) is 4.99. The summed E-state index contributed by atoms with van der Waals surface area (Å²) in [6.07, 6.45) is 3.59. The third kappa shape index (κ3) is 4.10. The minimum Gasteiger partial charge on any atom is -0.381 e. The largest absolute Gasteiger partial charge is 0.381 e. The Bertz CT molecular complexity index is 225. The minimum absolute atomic E-state index is 0.0585. The predicted octanol–water partition coefficient (Wildman–Crippen LogP) is 1.05. The highest BCUT2D eigenvalue weighted by Gasteiger charge is 2.30. The van der Waals surface area contributed by atoms with Gasteiger partial charge in [-0.2, -0.15) is 0 Å². The van der Waals surface area contributed by atoms with Gasteiger partial charge in [-0.05, 0) is 39.2 Å². The lowest BCUT2D eigenvalue weighted by atomic mass is 9.91. The average molecular weight is 228 g/mol. The molecule has 1 unspecified atom stereocenters. The van der Waals surface area contributed by atoms with Crippen LogP contribution >= 0.6 is 0 Å². The first-order valence-electron chi connectivity index (χ1n) is 6.17. The molecule has 0 aromatic heterocycles. The van der Waals surface area contributed by atoms with Crippen LogP contribution in [0.4, 0.5) is 0 Å². The Kier molecular flexibility index (Phi) is 5.22. The van der Waals surface area contributed by atoms with Crippen LogP contribution in [0.2, 0.25) is 0 Å². The first-order valence-corrected chi connectivity index (χ1v) is 6.17. The van der Waals surface area contributed by atoms with Gasteiger partial charge in [0.15, 0.2) is 0 Å². The van der Waals surface area contributed by atoms with E-state index >= 15 is 0 Å². The van der Waals surface area contributed by atoms with Crippen molar-refractivity contribution < 1.29 is 9.53 Å². The molecular formula is C12H24N2O2. The summed E-state index contributed by atoms with van der Waals surface area (Å²) in [5.41, 5.74) is 5.36. The summed E-state index contributed by atoms with van der Waals surface area (Å²) in [5, 5.41) is 3.14. The number of nitrogens with one attached hydrogen (secondary N) is 1. The van der Waals surface area contributed by atoms with Gasteiger partial charge in [0.05, 0.1) is 0 Å². The van der Waals surface area contributed by atoms with Crippen LogP contribution in [-0.2, 0) is 9.53 Å². The molecule has 1 amide bonds. The monoisotopic (exact) mass is 228 g/mol. The molecule has 1 rings (SSSR count). The predicted molar refractivity (Wildman–Crippen MR) is 64.1 cm³/mol. The molecule has 0 aromatic rings. The summed E-state index contributed by atoms with van der Waals surface area (Å²) < 4.78 is 5.30. The van der Waals surface area contributed by atoms with Crippen molar-refractivity contribution in [3.8, 4) is 0 Å². The van der Waals surface area contributed by atoms with E-state index in [1.165, 1.54) is 0 Å². The lowest BCUT2D eigenvalue weighted by molar-refractivity contribution is -0.127. The lowest BCUT2D eigenvalue weighted by Crippen LogP contribution is -2.51. The summed E-state index contributed by atoms with van der Waals surface area (Å²) >= 11 is 0. The van der Waals surface area contributed by atoms with Crippen molar-refractivity contribution in [3.63, 3.8) is 0 Å². The highest BCUT2D eigenvalue weighted by Crippen LogP contribution is 2.20. The first kappa shape index (κ1) is 13.5. The van der Waals surface area contributed by atoms with Gasteiger partial charge in [-0.15, -0.1) is 0 Å². The third-order valence-corrected chi connectivity index (χ3v) is 3.31. The zero-order valence-electron chi connectivity index (χ0n) is 10.4. The fraction of sp³-hybridized carbons (Fsp3) is 0.917. The molecule has 4 nitrogen and oxygen atoms in total. The molecule has 1 saturated heterocycles. The van der Waals surface area contributed by atoms with Crippen LogP contribution in [0, 0.1) is 5.92 Å². The molecule has 0 aliphatic carbocycles. The van der Waals surface area contributed by atoms with Gasteiger partial charge in [-0.1, -0.05) is 6.92 Å². The van der Waals surface area contributed by atoms with E-state index in [1.54, 1.807) is 0 Å². The topological polar surface area (TPSA) is 64.4 Å². The molecule has 0 aromatic carbocycles. The fourth-order valence-corrected chi connectivity index (χ4v) is 1.92. The van der Waals surface area contributed by atoms with E-state index in [-0.39, 0.29) is 17.4 Å². The Morgan fingerprint density at radius 2 is 2.12 bits per heavy atom. The Morgan fingerprint density at radius 1 is 1.50 bits per heavy atom. The number of carbonyl (C=O) groups is 1. The van der Waals surface area contributed by atoms with Gasteiger partial charge in [0.2, 0.25) is 5.91 Å². The van der Waals surface area contributed by atoms with E-state index in [4.69, 9.17) is 10.5 Å². The highest BCUT2D eigenvalue weighted by molar-refractivity contribution is 5.79. The maximum Gasteiger partial charge on any atom is 0.223 e. The molecule has 4 heteroatoms. The summed E-state index contributed by atoms with van der Waals surface area (Å²) in [5.74, 6) is 0.209. The van der Waals surface area contributed by atoms with Crippen LogP contribution in [0.15, 0.2) is 0 Å². The number of rotatable bonds is 5. The Labute approximate surface area is 97.9 Å². The number of nitrogens with two attached hydrogens (primary N) is 1. The molecule has 94 valence electrons. The van der Waals surface area contributed by atoms with Crippen LogP contribution in [0.1, 0.15) is 39.5 Å². The molecular weight excluding hydrogens is 204 g/mol. The van der Waals surface area contributed by atoms with Gasteiger partial charge in [-0.25, -0.2) is 0 Å². The number of carbonyl (C=O) groups excluding carboxylic acids is 1. The summed E-state index contributed by atoms with van der Waals surface area (Å²) in [7, 11) is 0. The quantitative estimate of drug-likeness (QED) is 0.739. The van der Waals surface area contributed by atoms with Crippen molar-refractivity contribution in [2.24, 2.45) is 11.7 Å². The van der Waals surface area contributed by atoms with Crippen molar-refractivity contribution in [2.45, 2.75) is 45.1 Å². The molecule has 0 radical (unpaired) electrons. The summed E-state index contributed by atoms with van der Waals surface area (Å²) in [4.78, 5) is 11.9. The second-order valence-corrected chi connectivity index (χ2v) is 4.99. The zero-order chi connectivity index (χ0) is 12.0. The summed E-state index contributed by atoms with van der Waals surface area (Å²) in [6.45, 7) is 6.21. The van der Waals surface area contributed by atoms with Crippen molar-refractivity contribution in [1.82, 2.24) is 5.32 Å². The normalized spacial score (nSPS) is 21.4. The summed E-state index contributed by atoms with van der Waals surface area (Å²) in [6, 6.07) is 0. The maximum absolute atomic E-state index is 11.9. The van der Waals surface area contributed by atoms with Gasteiger partial charge < -0.3 is 15.8 Å². The van der Waals surface area contributed by atoms with Gasteiger partial charge in [0.1, 0.15) is 0 Å². The van der Waals surface area contributed by atoms with E-state index in [9.17, 15) is 4.79 Å². The molecule has 0 bridgehead atoms. The maximum atomic E-state index is 11.9. The van der Waals surface area contributed by atoms with Gasteiger partial charge in [0, 0.05) is 24.7 Å². The van der Waals surface area contributed by atoms with Crippen LogP contribution in [-0.4, -0.2) is 31.2 Å². The molecule has 3 N–H and O–H groups in total. The molecule has 1 aliphatic heterocycles. The average Bonchev–Trinajstić information content (AvgIpc) is 2.26. The fourth-order valence-electron chi connectivity index (χ4n) is 1.92. The standard InChI is InChI=1S/C12H24N2O2/c1-10(4-3-7-13)11(15)14-12(2)5-8-16-9-6-12/h10H,3-9,13H2,1-2H3,(H,14,15). The van der Waals surface area contributed by atoms with Crippen LogP contribution < -0.4 is 11.1 Å². The molecule has 0 saturated carbocycles. The lowest BCUT2D eigenvalue weighted by Gasteiger charge is -2.35. The van der Waals surface area contributed by atoms with E-state index in [0.717, 1.165) is 38.9 Å². The van der Waals surface area contributed by atoms with Crippen molar-refractivity contribution in [3.05, 3.63) is 0 Å². The van der Waals surface area contributed by atoms with Crippen molar-refractivity contribution in [1.29, 1.82) is 0 Å². The van der Waals surface area contributed by atoms with Gasteiger partial charge in [-0.3, -0.25) is 4.79 Å². The molecule has 1 heterocycles. The van der Waals surface area contributed by atoms with E-state index in [0.29, 0.717) is 6.54 Å². The molecule has 1 fully saturated rings. The van der Waals surface area contributed by atoms with Crippen molar-refractivity contribution >= 4 is 5.91 Å². The smallest absolute Gasteiger partial charge is 0.223 e. The Balaban J connectivity index is 2.36. The molecule has 16 heavy (non-hydrogen) atoms. The highest BCUT2D eigenvalue weighted by atomic mass is 16.5. The van der Waals surface area contributed by atoms with Crippen LogP contribution in [0.5, 0.6) is 0 Å². The zero-order valence-corrected chi connectivity index (χ0v) is 10.4. The van der Waals surface area contributed by atoms with Gasteiger partial charge >= 0.3 is 0 Å². The molecule has 1 aliphatic rings. The minimum atomic E-state index is -0.0771. The number of amides is 1. The first-order chi connectivity index (χ1) is 7.57.